The number of piperidine rings is 1. The van der Waals surface area contributed by atoms with Crippen molar-refractivity contribution in [2.24, 2.45) is 11.7 Å². The average molecular weight is 258 g/mol. The molecule has 2 heteroatoms. The third-order valence-electron chi connectivity index (χ3n) is 4.96. The topological polar surface area (TPSA) is 29.3 Å². The number of hydrogen-bond donors (Lipinski definition) is 1. The van der Waals surface area contributed by atoms with Gasteiger partial charge in [0.2, 0.25) is 0 Å². The maximum absolute atomic E-state index is 6.35. The third-order valence-corrected chi connectivity index (χ3v) is 4.96. The van der Waals surface area contributed by atoms with Crippen molar-refractivity contribution in [1.29, 1.82) is 0 Å². The summed E-state index contributed by atoms with van der Waals surface area (Å²) in [4.78, 5) is 2.60. The molecule has 2 N–H and O–H groups in total. The van der Waals surface area contributed by atoms with E-state index in [4.69, 9.17) is 5.73 Å². The molecule has 2 aliphatic rings. The Morgan fingerprint density at radius 2 is 1.79 bits per heavy atom. The Hall–Kier alpha value is -0.860. The van der Waals surface area contributed by atoms with Gasteiger partial charge in [0.25, 0.3) is 0 Å². The third kappa shape index (κ3) is 3.37. The zero-order valence-electron chi connectivity index (χ0n) is 11.9. The predicted molar refractivity (Wildman–Crippen MR) is 80.1 cm³/mol. The second-order valence-corrected chi connectivity index (χ2v) is 6.63. The summed E-state index contributed by atoms with van der Waals surface area (Å²) in [5.74, 6) is 0.869. The zero-order valence-corrected chi connectivity index (χ0v) is 11.9. The Labute approximate surface area is 117 Å². The van der Waals surface area contributed by atoms with E-state index >= 15 is 0 Å². The van der Waals surface area contributed by atoms with Crippen LogP contribution in [0.3, 0.4) is 0 Å². The number of likely N-dealkylation sites (tertiary alicyclic amines) is 1. The molecule has 0 aromatic heterocycles. The van der Waals surface area contributed by atoms with Crippen LogP contribution in [-0.2, 0) is 6.42 Å². The number of benzene rings is 1. The number of nitrogens with two attached hydrogens (primary N) is 1. The van der Waals surface area contributed by atoms with Crippen molar-refractivity contribution < 1.29 is 0 Å². The lowest BCUT2D eigenvalue weighted by molar-refractivity contribution is 0.110. The molecule has 19 heavy (non-hydrogen) atoms. The summed E-state index contributed by atoms with van der Waals surface area (Å²) in [6.07, 6.45) is 7.73. The molecule has 2 nitrogen and oxygen atoms in total. The van der Waals surface area contributed by atoms with Gasteiger partial charge >= 0.3 is 0 Å². The van der Waals surface area contributed by atoms with Crippen LogP contribution in [0.5, 0.6) is 0 Å². The lowest BCUT2D eigenvalue weighted by Crippen LogP contribution is -2.56. The van der Waals surface area contributed by atoms with Crippen LogP contribution in [-0.4, -0.2) is 30.1 Å². The molecule has 0 unspecified atom stereocenters. The molecule has 0 atom stereocenters. The Morgan fingerprint density at radius 3 is 2.37 bits per heavy atom. The van der Waals surface area contributed by atoms with Crippen LogP contribution in [0.2, 0.25) is 0 Å². The van der Waals surface area contributed by atoms with Gasteiger partial charge < -0.3 is 10.6 Å². The van der Waals surface area contributed by atoms with Gasteiger partial charge in [0.1, 0.15) is 0 Å². The molecular weight excluding hydrogens is 232 g/mol. The lowest BCUT2D eigenvalue weighted by atomic mass is 9.77. The van der Waals surface area contributed by atoms with Gasteiger partial charge in [-0.25, -0.2) is 0 Å². The maximum atomic E-state index is 6.35. The Morgan fingerprint density at radius 1 is 1.11 bits per heavy atom. The van der Waals surface area contributed by atoms with Gasteiger partial charge in [-0.3, -0.25) is 0 Å². The van der Waals surface area contributed by atoms with Gasteiger partial charge in [-0.2, -0.15) is 0 Å². The highest BCUT2D eigenvalue weighted by molar-refractivity contribution is 5.15. The summed E-state index contributed by atoms with van der Waals surface area (Å²) < 4.78 is 0. The summed E-state index contributed by atoms with van der Waals surface area (Å²) in [6.45, 7) is 3.62. The number of nitrogens with zero attached hydrogens (tertiary/aromatic N) is 1. The zero-order chi connectivity index (χ0) is 13.1. The molecule has 0 amide bonds. The van der Waals surface area contributed by atoms with Crippen LogP contribution in [0.4, 0.5) is 0 Å². The second kappa shape index (κ2) is 5.64. The first kappa shape index (κ1) is 13.1. The molecule has 1 heterocycles. The highest BCUT2D eigenvalue weighted by Crippen LogP contribution is 2.31. The fourth-order valence-electron chi connectivity index (χ4n) is 3.53. The van der Waals surface area contributed by atoms with Crippen LogP contribution >= 0.6 is 0 Å². The fraction of sp³-hybridized carbons (Fsp3) is 0.647. The average Bonchev–Trinajstić information content (AvgIpc) is 2.40. The monoisotopic (exact) mass is 258 g/mol. The molecule has 1 aliphatic heterocycles. The van der Waals surface area contributed by atoms with Crippen LogP contribution in [0.1, 0.15) is 37.7 Å². The highest BCUT2D eigenvalue weighted by Gasteiger charge is 2.35. The minimum atomic E-state index is 0.159. The summed E-state index contributed by atoms with van der Waals surface area (Å²) in [5, 5.41) is 0. The molecule has 2 fully saturated rings. The van der Waals surface area contributed by atoms with E-state index < -0.39 is 0 Å². The van der Waals surface area contributed by atoms with Crippen molar-refractivity contribution >= 4 is 0 Å². The van der Waals surface area contributed by atoms with E-state index in [1.165, 1.54) is 57.2 Å². The van der Waals surface area contributed by atoms with Gasteiger partial charge in [0.15, 0.2) is 0 Å². The van der Waals surface area contributed by atoms with E-state index in [0.29, 0.717) is 0 Å². The van der Waals surface area contributed by atoms with E-state index in [1.807, 2.05) is 0 Å². The smallest absolute Gasteiger partial charge is 0.0283 e. The van der Waals surface area contributed by atoms with Crippen molar-refractivity contribution in [2.45, 2.75) is 44.1 Å². The molecule has 1 aromatic rings. The minimum Gasteiger partial charge on any atom is -0.324 e. The first-order chi connectivity index (χ1) is 9.23. The molecule has 1 saturated carbocycles. The molecule has 3 rings (SSSR count). The molecule has 1 saturated heterocycles. The Bertz CT molecular complexity index is 389. The van der Waals surface area contributed by atoms with Crippen molar-refractivity contribution in [1.82, 2.24) is 4.90 Å². The predicted octanol–water partition coefficient (Wildman–Crippen LogP) is 2.82. The quantitative estimate of drug-likeness (QED) is 0.900. The van der Waals surface area contributed by atoms with Gasteiger partial charge in [-0.15, -0.1) is 0 Å². The first-order valence-electron chi connectivity index (χ1n) is 7.79. The van der Waals surface area contributed by atoms with E-state index in [9.17, 15) is 0 Å². The molecule has 1 aliphatic carbocycles. The van der Waals surface area contributed by atoms with Crippen LogP contribution < -0.4 is 5.73 Å². The molecule has 1 aromatic carbocycles. The SMILES string of the molecule is NC1(CN2CCC(Cc3ccccc3)CC2)CCC1. The van der Waals surface area contributed by atoms with Crippen molar-refractivity contribution in [3.05, 3.63) is 35.9 Å². The van der Waals surface area contributed by atoms with Gasteiger partial charge in [-0.1, -0.05) is 30.3 Å². The normalized spacial score (nSPS) is 24.1. The fourth-order valence-corrected chi connectivity index (χ4v) is 3.53. The van der Waals surface area contributed by atoms with Gasteiger partial charge in [0.05, 0.1) is 0 Å². The largest absolute Gasteiger partial charge is 0.324 e. The van der Waals surface area contributed by atoms with Crippen LogP contribution in [0, 0.1) is 5.92 Å². The van der Waals surface area contributed by atoms with E-state index in [2.05, 4.69) is 35.2 Å². The van der Waals surface area contributed by atoms with Crippen molar-refractivity contribution in [2.75, 3.05) is 19.6 Å². The first-order valence-corrected chi connectivity index (χ1v) is 7.79. The van der Waals surface area contributed by atoms with Gasteiger partial charge in [-0.05, 0) is 63.1 Å². The standard InChI is InChI=1S/C17H26N2/c18-17(9-4-10-17)14-19-11-7-16(8-12-19)13-15-5-2-1-3-6-15/h1-3,5-6,16H,4,7-14,18H2. The Balaban J connectivity index is 1.44. The second-order valence-electron chi connectivity index (χ2n) is 6.63. The summed E-state index contributed by atoms with van der Waals surface area (Å²) >= 11 is 0. The van der Waals surface area contributed by atoms with E-state index in [0.717, 1.165) is 12.5 Å². The highest BCUT2D eigenvalue weighted by atomic mass is 15.2. The van der Waals surface area contributed by atoms with Crippen LogP contribution in [0.15, 0.2) is 30.3 Å². The van der Waals surface area contributed by atoms with Gasteiger partial charge in [0, 0.05) is 12.1 Å². The summed E-state index contributed by atoms with van der Waals surface area (Å²) in [5.41, 5.74) is 8.00. The molecule has 0 bridgehead atoms. The van der Waals surface area contributed by atoms with Crippen LogP contribution in [0.25, 0.3) is 0 Å². The Kier molecular flexibility index (Phi) is 3.90. The van der Waals surface area contributed by atoms with Crippen molar-refractivity contribution in [3.63, 3.8) is 0 Å². The lowest BCUT2D eigenvalue weighted by Gasteiger charge is -2.44. The summed E-state index contributed by atoms with van der Waals surface area (Å²) in [6, 6.07) is 10.9. The van der Waals surface area contributed by atoms with E-state index in [1.54, 1.807) is 0 Å². The minimum absolute atomic E-state index is 0.159. The number of hydrogen-bond acceptors (Lipinski definition) is 2. The molecule has 0 spiro atoms. The molecular formula is C17H26N2. The summed E-state index contributed by atoms with van der Waals surface area (Å²) in [7, 11) is 0. The van der Waals surface area contributed by atoms with Crippen molar-refractivity contribution in [3.8, 4) is 0 Å². The molecule has 104 valence electrons. The van der Waals surface area contributed by atoms with E-state index in [-0.39, 0.29) is 5.54 Å². The molecule has 0 radical (unpaired) electrons. The number of rotatable bonds is 4. The maximum Gasteiger partial charge on any atom is 0.0283 e.